The number of hydrogen-bond donors (Lipinski definition) is 1. The predicted molar refractivity (Wildman–Crippen MR) is 49.4 cm³/mol. The van der Waals surface area contributed by atoms with Crippen LogP contribution in [0, 0.1) is 5.82 Å². The van der Waals surface area contributed by atoms with Gasteiger partial charge in [-0.15, -0.1) is 0 Å². The second-order valence-electron chi connectivity index (χ2n) is 2.81. The second kappa shape index (κ2) is 4.15. The van der Waals surface area contributed by atoms with Crippen LogP contribution in [0.25, 0.3) is 0 Å². The second-order valence-corrected chi connectivity index (χ2v) is 3.62. The lowest BCUT2D eigenvalue weighted by atomic mass is 10.1. The Morgan fingerprint density at radius 2 is 1.73 bits per heavy atom. The van der Waals surface area contributed by atoms with Gasteiger partial charge in [-0.25, -0.2) is 4.39 Å². The van der Waals surface area contributed by atoms with E-state index in [0.717, 1.165) is 12.1 Å². The summed E-state index contributed by atoms with van der Waals surface area (Å²) in [5.74, 6) is -1.03. The van der Waals surface area contributed by atoms with Crippen LogP contribution >= 0.6 is 23.2 Å². The molecular weight excluding hydrogens is 257 g/mol. The van der Waals surface area contributed by atoms with Gasteiger partial charge in [0.1, 0.15) is 11.9 Å². The highest BCUT2D eigenvalue weighted by Gasteiger charge is 2.39. The number of nitrogens with two attached hydrogens (primary N) is 1. The molecule has 7 heteroatoms. The smallest absolute Gasteiger partial charge is 0.316 e. The van der Waals surface area contributed by atoms with Crippen molar-refractivity contribution in [3.8, 4) is 0 Å². The first-order valence-electron chi connectivity index (χ1n) is 3.70. The first-order valence-corrected chi connectivity index (χ1v) is 4.46. The van der Waals surface area contributed by atoms with Crippen LogP contribution in [0.5, 0.6) is 0 Å². The van der Waals surface area contributed by atoms with Gasteiger partial charge < -0.3 is 5.73 Å². The molecule has 0 unspecified atom stereocenters. The molecule has 1 aromatic carbocycles. The molecule has 1 rings (SSSR count). The average Bonchev–Trinajstić information content (AvgIpc) is 2.08. The number of hydrogen-bond acceptors (Lipinski definition) is 1. The van der Waals surface area contributed by atoms with Gasteiger partial charge in [0.05, 0.1) is 5.02 Å². The van der Waals surface area contributed by atoms with Crippen LogP contribution in [0.15, 0.2) is 12.1 Å². The summed E-state index contributed by atoms with van der Waals surface area (Å²) in [6, 6.07) is -0.639. The molecule has 0 aliphatic carbocycles. The minimum absolute atomic E-state index is 0.188. The van der Waals surface area contributed by atoms with Crippen LogP contribution in [0.1, 0.15) is 11.6 Å². The minimum Gasteiger partial charge on any atom is -0.316 e. The zero-order chi connectivity index (χ0) is 11.8. The Bertz CT molecular complexity index is 378. The van der Waals surface area contributed by atoms with Crippen molar-refractivity contribution >= 4 is 23.2 Å². The van der Waals surface area contributed by atoms with Crippen molar-refractivity contribution in [1.29, 1.82) is 0 Å². The maximum atomic E-state index is 12.9. The number of halogens is 6. The number of benzene rings is 1. The van der Waals surface area contributed by atoms with Crippen LogP contribution < -0.4 is 5.73 Å². The molecule has 0 radical (unpaired) electrons. The highest BCUT2D eigenvalue weighted by molar-refractivity contribution is 6.33. The SMILES string of the molecule is N[C@@H](c1cc(Cl)cc(F)c1Cl)C(F)(F)F. The normalized spacial score (nSPS) is 14.1. The van der Waals surface area contributed by atoms with E-state index in [9.17, 15) is 17.6 Å². The third-order valence-electron chi connectivity index (χ3n) is 1.71. The molecular formula is C8H5Cl2F4N. The summed E-state index contributed by atoms with van der Waals surface area (Å²) in [6.07, 6.45) is -4.69. The largest absolute Gasteiger partial charge is 0.407 e. The Balaban J connectivity index is 3.25. The Hall–Kier alpha value is -0.520. The van der Waals surface area contributed by atoms with E-state index >= 15 is 0 Å². The molecule has 0 aromatic heterocycles. The molecule has 0 fully saturated rings. The molecule has 0 bridgehead atoms. The van der Waals surface area contributed by atoms with Gasteiger partial charge in [0, 0.05) is 10.6 Å². The minimum atomic E-state index is -4.69. The molecule has 1 atom stereocenters. The molecule has 0 aliphatic rings. The Morgan fingerprint density at radius 1 is 1.20 bits per heavy atom. The van der Waals surface area contributed by atoms with Crippen LogP contribution in [0.3, 0.4) is 0 Å². The molecule has 0 heterocycles. The molecule has 0 aliphatic heterocycles. The lowest BCUT2D eigenvalue weighted by Crippen LogP contribution is -2.28. The maximum absolute atomic E-state index is 12.9. The summed E-state index contributed by atoms with van der Waals surface area (Å²) in [5, 5.41) is -0.851. The molecule has 2 N–H and O–H groups in total. The first kappa shape index (κ1) is 12.5. The third-order valence-corrected chi connectivity index (χ3v) is 2.33. The van der Waals surface area contributed by atoms with Gasteiger partial charge in [-0.2, -0.15) is 13.2 Å². The number of rotatable bonds is 1. The van der Waals surface area contributed by atoms with E-state index in [1.165, 1.54) is 0 Å². The molecule has 0 spiro atoms. The summed E-state index contributed by atoms with van der Waals surface area (Å²) >= 11 is 10.7. The molecule has 0 saturated carbocycles. The van der Waals surface area contributed by atoms with Crippen molar-refractivity contribution in [3.05, 3.63) is 33.6 Å². The average molecular weight is 262 g/mol. The van der Waals surface area contributed by atoms with Crippen LogP contribution in [0.4, 0.5) is 17.6 Å². The molecule has 1 aromatic rings. The molecule has 84 valence electrons. The van der Waals surface area contributed by atoms with Gasteiger partial charge in [0.2, 0.25) is 0 Å². The van der Waals surface area contributed by atoms with Gasteiger partial charge >= 0.3 is 6.18 Å². The van der Waals surface area contributed by atoms with Crippen molar-refractivity contribution in [2.24, 2.45) is 5.73 Å². The lowest BCUT2D eigenvalue weighted by Gasteiger charge is -2.17. The fourth-order valence-corrected chi connectivity index (χ4v) is 1.42. The van der Waals surface area contributed by atoms with Crippen LogP contribution in [-0.2, 0) is 0 Å². The summed E-state index contributed by atoms with van der Waals surface area (Å²) in [4.78, 5) is 0. The standard InChI is InChI=1S/C8H5Cl2F4N/c9-3-1-4(6(10)5(11)2-3)7(15)8(12,13)14/h1-2,7H,15H2/t7-/m0/s1. The van der Waals surface area contributed by atoms with Gasteiger partial charge in [-0.1, -0.05) is 23.2 Å². The van der Waals surface area contributed by atoms with E-state index < -0.39 is 28.6 Å². The van der Waals surface area contributed by atoms with Gasteiger partial charge in [-0.3, -0.25) is 0 Å². The fourth-order valence-electron chi connectivity index (χ4n) is 0.979. The van der Waals surface area contributed by atoms with Crippen molar-refractivity contribution in [1.82, 2.24) is 0 Å². The fraction of sp³-hybridized carbons (Fsp3) is 0.250. The van der Waals surface area contributed by atoms with Crippen LogP contribution in [-0.4, -0.2) is 6.18 Å². The molecule has 0 saturated heterocycles. The zero-order valence-electron chi connectivity index (χ0n) is 7.08. The Labute approximate surface area is 92.8 Å². The highest BCUT2D eigenvalue weighted by Crippen LogP contribution is 2.36. The highest BCUT2D eigenvalue weighted by atomic mass is 35.5. The molecule has 15 heavy (non-hydrogen) atoms. The van der Waals surface area contributed by atoms with E-state index in [4.69, 9.17) is 28.9 Å². The van der Waals surface area contributed by atoms with Crippen molar-refractivity contribution in [2.75, 3.05) is 0 Å². The molecule has 1 nitrogen and oxygen atoms in total. The van der Waals surface area contributed by atoms with E-state index in [2.05, 4.69) is 0 Å². The topological polar surface area (TPSA) is 26.0 Å². The summed E-state index contributed by atoms with van der Waals surface area (Å²) in [7, 11) is 0. The monoisotopic (exact) mass is 261 g/mol. The summed E-state index contributed by atoms with van der Waals surface area (Å²) in [6.45, 7) is 0. The van der Waals surface area contributed by atoms with E-state index in [1.54, 1.807) is 0 Å². The van der Waals surface area contributed by atoms with Crippen molar-refractivity contribution in [2.45, 2.75) is 12.2 Å². The Morgan fingerprint density at radius 3 is 2.20 bits per heavy atom. The lowest BCUT2D eigenvalue weighted by molar-refractivity contribution is -0.149. The van der Waals surface area contributed by atoms with Crippen molar-refractivity contribution in [3.63, 3.8) is 0 Å². The number of alkyl halides is 3. The van der Waals surface area contributed by atoms with E-state index in [-0.39, 0.29) is 5.02 Å². The maximum Gasteiger partial charge on any atom is 0.407 e. The summed E-state index contributed by atoms with van der Waals surface area (Å²) < 4.78 is 49.6. The van der Waals surface area contributed by atoms with Gasteiger partial charge in [-0.05, 0) is 12.1 Å². The van der Waals surface area contributed by atoms with E-state index in [1.807, 2.05) is 0 Å². The predicted octanol–water partition coefficient (Wildman–Crippen LogP) is 3.69. The van der Waals surface area contributed by atoms with Gasteiger partial charge in [0.15, 0.2) is 0 Å². The summed E-state index contributed by atoms with van der Waals surface area (Å²) in [5.41, 5.74) is 4.30. The zero-order valence-corrected chi connectivity index (χ0v) is 8.59. The Kier molecular flexibility index (Phi) is 3.48. The molecule has 0 amide bonds. The van der Waals surface area contributed by atoms with Crippen molar-refractivity contribution < 1.29 is 17.6 Å². The van der Waals surface area contributed by atoms with Gasteiger partial charge in [0.25, 0.3) is 0 Å². The third kappa shape index (κ3) is 2.74. The quantitative estimate of drug-likeness (QED) is 0.606. The van der Waals surface area contributed by atoms with E-state index in [0.29, 0.717) is 0 Å². The first-order chi connectivity index (χ1) is 6.73. The van der Waals surface area contributed by atoms with Crippen LogP contribution in [0.2, 0.25) is 10.0 Å².